The highest BCUT2D eigenvalue weighted by atomic mass is 16.5. The first-order chi connectivity index (χ1) is 15.3. The Kier molecular flexibility index (Phi) is 7.59. The van der Waals surface area contributed by atoms with Crippen molar-refractivity contribution in [1.82, 2.24) is 0 Å². The third kappa shape index (κ3) is 6.41. The van der Waals surface area contributed by atoms with Crippen LogP contribution in [0.2, 0.25) is 0 Å². The van der Waals surface area contributed by atoms with Crippen molar-refractivity contribution in [2.24, 2.45) is 0 Å². The van der Waals surface area contributed by atoms with E-state index in [1.165, 1.54) is 12.1 Å². The minimum Gasteiger partial charge on any atom is -0.494 e. The maximum Gasteiger partial charge on any atom is 0.335 e. The molecule has 8 heteroatoms. The van der Waals surface area contributed by atoms with Crippen molar-refractivity contribution in [3.05, 3.63) is 59.2 Å². The Morgan fingerprint density at radius 1 is 0.781 bits per heavy atom. The molecule has 1 saturated carbocycles. The van der Waals surface area contributed by atoms with Crippen molar-refractivity contribution in [3.8, 4) is 11.5 Å². The molecule has 2 N–H and O–H groups in total. The summed E-state index contributed by atoms with van der Waals surface area (Å²) in [6.07, 6.45) is 2.15. The van der Waals surface area contributed by atoms with Crippen LogP contribution in [0.3, 0.4) is 0 Å². The van der Waals surface area contributed by atoms with Crippen molar-refractivity contribution >= 4 is 23.5 Å². The number of carboxylic acids is 2. The molecule has 1 aliphatic rings. The minimum atomic E-state index is -1.22. The maximum atomic E-state index is 11.6. The molecule has 0 saturated heterocycles. The number of ketones is 2. The van der Waals surface area contributed by atoms with E-state index in [0.717, 1.165) is 11.6 Å². The molecule has 0 radical (unpaired) electrons. The summed E-state index contributed by atoms with van der Waals surface area (Å²) in [6.45, 7) is 0.729. The molecule has 8 nitrogen and oxygen atoms in total. The largest absolute Gasteiger partial charge is 0.494 e. The summed E-state index contributed by atoms with van der Waals surface area (Å²) in [7, 11) is 0. The standard InChI is InChI=1S/C24H24O8/c25-19-10-16(11-20(26)14-19)15-3-5-21(6-4-15)31-7-1-2-8-32-22-12-17(23(27)28)9-18(13-22)24(29)30/h3-6,9,12-13,16H,1-2,7-8,10-11,14H2,(H,27,28)(H,29,30). The number of rotatable bonds is 10. The Morgan fingerprint density at radius 2 is 1.28 bits per heavy atom. The van der Waals surface area contributed by atoms with Gasteiger partial charge in [0.15, 0.2) is 0 Å². The molecule has 0 aliphatic heterocycles. The lowest BCUT2D eigenvalue weighted by Crippen LogP contribution is -2.21. The number of carboxylic acid groups (broad SMARTS) is 2. The van der Waals surface area contributed by atoms with E-state index >= 15 is 0 Å². The second-order valence-electron chi connectivity index (χ2n) is 7.69. The third-order valence-electron chi connectivity index (χ3n) is 5.17. The first-order valence-electron chi connectivity index (χ1n) is 10.3. The van der Waals surface area contributed by atoms with E-state index in [9.17, 15) is 19.2 Å². The van der Waals surface area contributed by atoms with Gasteiger partial charge in [-0.2, -0.15) is 0 Å². The molecule has 0 aromatic heterocycles. The fourth-order valence-electron chi connectivity index (χ4n) is 3.57. The van der Waals surface area contributed by atoms with Gasteiger partial charge in [-0.3, -0.25) is 9.59 Å². The van der Waals surface area contributed by atoms with Crippen molar-refractivity contribution in [2.45, 2.75) is 38.0 Å². The summed E-state index contributed by atoms with van der Waals surface area (Å²) in [4.78, 5) is 45.5. The predicted octanol–water partition coefficient (Wildman–Crippen LogP) is 3.73. The summed E-state index contributed by atoms with van der Waals surface area (Å²) < 4.78 is 11.2. The Morgan fingerprint density at radius 3 is 1.78 bits per heavy atom. The topological polar surface area (TPSA) is 127 Å². The van der Waals surface area contributed by atoms with Crippen molar-refractivity contribution < 1.29 is 38.9 Å². The Balaban J connectivity index is 1.41. The van der Waals surface area contributed by atoms with E-state index in [-0.39, 0.29) is 47.4 Å². The van der Waals surface area contributed by atoms with Gasteiger partial charge in [-0.15, -0.1) is 0 Å². The summed E-state index contributed by atoms with van der Waals surface area (Å²) in [5, 5.41) is 18.2. The van der Waals surface area contributed by atoms with Crippen LogP contribution in [0.1, 0.15) is 64.3 Å². The van der Waals surface area contributed by atoms with E-state index < -0.39 is 11.9 Å². The van der Waals surface area contributed by atoms with Gasteiger partial charge < -0.3 is 19.7 Å². The number of hydrogen-bond donors (Lipinski definition) is 2. The number of hydrogen-bond acceptors (Lipinski definition) is 6. The molecule has 0 atom stereocenters. The number of benzene rings is 2. The van der Waals surface area contributed by atoms with Crippen LogP contribution in [0.15, 0.2) is 42.5 Å². The van der Waals surface area contributed by atoms with E-state index in [2.05, 4.69) is 0 Å². The van der Waals surface area contributed by atoms with Gasteiger partial charge in [-0.1, -0.05) is 12.1 Å². The average Bonchev–Trinajstić information content (AvgIpc) is 2.75. The van der Waals surface area contributed by atoms with Crippen LogP contribution in [-0.4, -0.2) is 46.9 Å². The first kappa shape index (κ1) is 23.0. The van der Waals surface area contributed by atoms with E-state index in [1.807, 2.05) is 24.3 Å². The quantitative estimate of drug-likeness (QED) is 0.423. The summed E-state index contributed by atoms with van der Waals surface area (Å²) in [6, 6.07) is 11.1. The molecule has 1 fully saturated rings. The van der Waals surface area contributed by atoms with Gasteiger partial charge in [-0.25, -0.2) is 9.59 Å². The molecule has 2 aromatic rings. The molecular weight excluding hydrogens is 416 g/mol. The van der Waals surface area contributed by atoms with Gasteiger partial charge in [0, 0.05) is 12.8 Å². The van der Waals surface area contributed by atoms with Crippen LogP contribution in [0, 0.1) is 0 Å². The van der Waals surface area contributed by atoms with Crippen molar-refractivity contribution in [3.63, 3.8) is 0 Å². The van der Waals surface area contributed by atoms with E-state index in [1.54, 1.807) is 0 Å². The molecule has 1 aliphatic carbocycles. The Labute approximate surface area is 184 Å². The minimum absolute atomic E-state index is 0.0114. The molecule has 0 bridgehead atoms. The van der Waals surface area contributed by atoms with Crippen LogP contribution in [0.25, 0.3) is 0 Å². The second kappa shape index (κ2) is 10.6. The Bertz CT molecular complexity index is 961. The SMILES string of the molecule is O=C1CC(=O)CC(c2ccc(OCCCCOc3cc(C(=O)O)cc(C(=O)O)c3)cc2)C1. The molecule has 0 heterocycles. The highest BCUT2D eigenvalue weighted by Gasteiger charge is 2.26. The third-order valence-corrected chi connectivity index (χ3v) is 5.17. The fraction of sp³-hybridized carbons (Fsp3) is 0.333. The zero-order chi connectivity index (χ0) is 23.1. The number of unbranched alkanes of at least 4 members (excludes halogenated alkanes) is 1. The van der Waals surface area contributed by atoms with Gasteiger partial charge in [-0.05, 0) is 54.7 Å². The van der Waals surface area contributed by atoms with E-state index in [0.29, 0.717) is 38.0 Å². The van der Waals surface area contributed by atoms with Crippen molar-refractivity contribution in [2.75, 3.05) is 13.2 Å². The molecule has 0 amide bonds. The number of ether oxygens (including phenoxy) is 2. The number of carbonyl (C=O) groups excluding carboxylic acids is 2. The maximum absolute atomic E-state index is 11.6. The van der Waals surface area contributed by atoms with Gasteiger partial charge >= 0.3 is 11.9 Å². The molecule has 0 spiro atoms. The van der Waals surface area contributed by atoms with Gasteiger partial charge in [0.05, 0.1) is 30.8 Å². The fourth-order valence-corrected chi connectivity index (χ4v) is 3.57. The molecule has 0 unspecified atom stereocenters. The monoisotopic (exact) mass is 440 g/mol. The lowest BCUT2D eigenvalue weighted by atomic mass is 9.83. The summed E-state index contributed by atoms with van der Waals surface area (Å²) >= 11 is 0. The first-order valence-corrected chi connectivity index (χ1v) is 10.3. The second-order valence-corrected chi connectivity index (χ2v) is 7.69. The highest BCUT2D eigenvalue weighted by molar-refractivity contribution is 6.02. The van der Waals surface area contributed by atoms with Crippen molar-refractivity contribution in [1.29, 1.82) is 0 Å². The number of aromatic carboxylic acids is 2. The zero-order valence-electron chi connectivity index (χ0n) is 17.4. The van der Waals surface area contributed by atoms with Gasteiger partial charge in [0.2, 0.25) is 0 Å². The molecule has 3 rings (SSSR count). The summed E-state index contributed by atoms with van der Waals surface area (Å²) in [5.41, 5.74) is 0.666. The molecule has 2 aromatic carbocycles. The predicted molar refractivity (Wildman–Crippen MR) is 114 cm³/mol. The van der Waals surface area contributed by atoms with Crippen LogP contribution in [0.4, 0.5) is 0 Å². The lowest BCUT2D eigenvalue weighted by Gasteiger charge is -2.20. The number of Topliss-reactive ketones (excluding diaryl/α,β-unsaturated/α-hetero) is 2. The van der Waals surface area contributed by atoms with Crippen LogP contribution in [-0.2, 0) is 9.59 Å². The summed E-state index contributed by atoms with van der Waals surface area (Å²) in [5.74, 6) is -1.65. The lowest BCUT2D eigenvalue weighted by molar-refractivity contribution is -0.130. The van der Waals surface area contributed by atoms with Crippen LogP contribution < -0.4 is 9.47 Å². The van der Waals surface area contributed by atoms with Gasteiger partial charge in [0.25, 0.3) is 0 Å². The molecule has 168 valence electrons. The normalized spacial score (nSPS) is 14.2. The average molecular weight is 440 g/mol. The number of carbonyl (C=O) groups is 4. The smallest absolute Gasteiger partial charge is 0.335 e. The van der Waals surface area contributed by atoms with E-state index in [4.69, 9.17) is 19.7 Å². The highest BCUT2D eigenvalue weighted by Crippen LogP contribution is 2.30. The Hall–Kier alpha value is -3.68. The molecular formula is C24H24O8. The molecule has 32 heavy (non-hydrogen) atoms. The van der Waals surface area contributed by atoms with Crippen LogP contribution >= 0.6 is 0 Å². The van der Waals surface area contributed by atoms with Gasteiger partial charge in [0.1, 0.15) is 23.1 Å². The van der Waals surface area contributed by atoms with Crippen LogP contribution in [0.5, 0.6) is 11.5 Å². The zero-order valence-corrected chi connectivity index (χ0v) is 17.4.